The van der Waals surface area contributed by atoms with Crippen LogP contribution in [-0.2, 0) is 0 Å². The molecule has 0 saturated heterocycles. The summed E-state index contributed by atoms with van der Waals surface area (Å²) in [6, 6.07) is 3.71. The highest BCUT2D eigenvalue weighted by Crippen LogP contribution is 2.19. The van der Waals surface area contributed by atoms with Gasteiger partial charge in [-0.15, -0.1) is 0 Å². The van der Waals surface area contributed by atoms with Gasteiger partial charge in [-0.3, -0.25) is 4.79 Å². The van der Waals surface area contributed by atoms with E-state index in [2.05, 4.69) is 5.32 Å². The minimum atomic E-state index is -0.752. The van der Waals surface area contributed by atoms with Crippen molar-refractivity contribution in [2.24, 2.45) is 5.92 Å². The zero-order valence-electron chi connectivity index (χ0n) is 9.61. The number of rotatable bonds is 5. The van der Waals surface area contributed by atoms with E-state index in [1.54, 1.807) is 0 Å². The molecule has 94 valence electrons. The van der Waals surface area contributed by atoms with E-state index in [0.717, 1.165) is 6.07 Å². The van der Waals surface area contributed by atoms with Gasteiger partial charge in [0.15, 0.2) is 0 Å². The predicted molar refractivity (Wildman–Crippen MR) is 61.3 cm³/mol. The topological polar surface area (TPSA) is 69.6 Å². The van der Waals surface area contributed by atoms with E-state index in [1.807, 2.05) is 6.92 Å². The molecule has 0 spiro atoms. The first-order valence-electron chi connectivity index (χ1n) is 5.42. The highest BCUT2D eigenvalue weighted by molar-refractivity contribution is 5.97. The van der Waals surface area contributed by atoms with E-state index < -0.39 is 11.7 Å². The first kappa shape index (κ1) is 13.4. The van der Waals surface area contributed by atoms with E-state index in [9.17, 15) is 14.3 Å². The minimum Gasteiger partial charge on any atom is -0.507 e. The molecule has 0 aliphatic heterocycles. The maximum Gasteiger partial charge on any atom is 0.258 e. The molecule has 0 fully saturated rings. The summed E-state index contributed by atoms with van der Waals surface area (Å²) in [6.45, 7) is 2.23. The van der Waals surface area contributed by atoms with E-state index >= 15 is 0 Å². The second-order valence-electron chi connectivity index (χ2n) is 3.96. The van der Waals surface area contributed by atoms with Gasteiger partial charge in [0.1, 0.15) is 17.1 Å². The van der Waals surface area contributed by atoms with Crippen LogP contribution in [0.3, 0.4) is 0 Å². The van der Waals surface area contributed by atoms with E-state index in [1.165, 1.54) is 12.1 Å². The lowest BCUT2D eigenvalue weighted by molar-refractivity contribution is 0.0938. The lowest BCUT2D eigenvalue weighted by atomic mass is 10.1. The van der Waals surface area contributed by atoms with Gasteiger partial charge in [-0.1, -0.05) is 13.0 Å². The van der Waals surface area contributed by atoms with Crippen molar-refractivity contribution in [1.82, 2.24) is 5.32 Å². The SMILES string of the molecule is C[C@H](CCO)CNC(=O)c1c(O)cccc1F. The third kappa shape index (κ3) is 3.71. The fraction of sp³-hybridized carbons (Fsp3) is 0.417. The normalized spacial score (nSPS) is 12.2. The van der Waals surface area contributed by atoms with Crippen LogP contribution < -0.4 is 5.32 Å². The monoisotopic (exact) mass is 241 g/mol. The minimum absolute atomic E-state index is 0.0436. The number of phenolic OH excluding ortho intramolecular Hbond substituents is 1. The first-order chi connectivity index (χ1) is 8.06. The van der Waals surface area contributed by atoms with Gasteiger partial charge in [-0.2, -0.15) is 0 Å². The number of nitrogens with one attached hydrogen (secondary N) is 1. The zero-order chi connectivity index (χ0) is 12.8. The third-order valence-electron chi connectivity index (χ3n) is 2.45. The molecule has 0 aromatic heterocycles. The fourth-order valence-electron chi connectivity index (χ4n) is 1.42. The number of hydrogen-bond donors (Lipinski definition) is 3. The molecule has 1 aromatic rings. The Hall–Kier alpha value is -1.62. The highest BCUT2D eigenvalue weighted by atomic mass is 19.1. The van der Waals surface area contributed by atoms with Crippen molar-refractivity contribution < 1.29 is 19.4 Å². The van der Waals surface area contributed by atoms with Gasteiger partial charge in [0.2, 0.25) is 0 Å². The number of aliphatic hydroxyl groups excluding tert-OH is 1. The molecule has 0 heterocycles. The van der Waals surface area contributed by atoms with E-state index in [0.29, 0.717) is 13.0 Å². The Balaban J connectivity index is 2.64. The quantitative estimate of drug-likeness (QED) is 0.727. The van der Waals surface area contributed by atoms with Crippen LogP contribution in [0.15, 0.2) is 18.2 Å². The molecule has 0 saturated carbocycles. The van der Waals surface area contributed by atoms with Crippen molar-refractivity contribution in [3.8, 4) is 5.75 Å². The molecule has 0 radical (unpaired) electrons. The summed E-state index contributed by atoms with van der Waals surface area (Å²) < 4.78 is 13.3. The number of halogens is 1. The molecule has 0 bridgehead atoms. The molecular weight excluding hydrogens is 225 g/mol. The lowest BCUT2D eigenvalue weighted by Crippen LogP contribution is -2.29. The number of phenols is 1. The predicted octanol–water partition coefficient (Wildman–Crippen LogP) is 1.28. The van der Waals surface area contributed by atoms with Crippen LogP contribution in [0, 0.1) is 11.7 Å². The molecule has 4 nitrogen and oxygen atoms in total. The third-order valence-corrected chi connectivity index (χ3v) is 2.45. The molecule has 0 aliphatic rings. The molecule has 1 rings (SSSR count). The second kappa shape index (κ2) is 6.20. The number of aliphatic hydroxyl groups is 1. The van der Waals surface area contributed by atoms with Crippen molar-refractivity contribution in [1.29, 1.82) is 0 Å². The Morgan fingerprint density at radius 2 is 2.24 bits per heavy atom. The summed E-state index contributed by atoms with van der Waals surface area (Å²) in [5.74, 6) is -1.68. The smallest absolute Gasteiger partial charge is 0.258 e. The van der Waals surface area contributed by atoms with Crippen molar-refractivity contribution in [3.05, 3.63) is 29.6 Å². The summed E-state index contributed by atoms with van der Waals surface area (Å²) in [5, 5.41) is 20.6. The maximum atomic E-state index is 13.3. The molecule has 1 amide bonds. The van der Waals surface area contributed by atoms with Gasteiger partial charge in [-0.05, 0) is 24.5 Å². The summed E-state index contributed by atoms with van der Waals surface area (Å²) in [4.78, 5) is 11.6. The van der Waals surface area contributed by atoms with Crippen molar-refractivity contribution >= 4 is 5.91 Å². The van der Waals surface area contributed by atoms with E-state index in [-0.39, 0.29) is 23.8 Å². The van der Waals surface area contributed by atoms with Crippen LogP contribution in [0.5, 0.6) is 5.75 Å². The molecular formula is C12H16FNO3. The molecule has 3 N–H and O–H groups in total. The fourth-order valence-corrected chi connectivity index (χ4v) is 1.42. The van der Waals surface area contributed by atoms with Crippen molar-refractivity contribution in [2.45, 2.75) is 13.3 Å². The Labute approximate surface area is 99.1 Å². The Morgan fingerprint density at radius 3 is 2.82 bits per heavy atom. The van der Waals surface area contributed by atoms with Crippen molar-refractivity contribution in [2.75, 3.05) is 13.2 Å². The van der Waals surface area contributed by atoms with Crippen LogP contribution in [-0.4, -0.2) is 29.3 Å². The summed E-state index contributed by atoms with van der Waals surface area (Å²) in [5.41, 5.74) is -0.344. The molecule has 1 aromatic carbocycles. The van der Waals surface area contributed by atoms with Crippen LogP contribution >= 0.6 is 0 Å². The number of carbonyl (C=O) groups excluding carboxylic acids is 1. The van der Waals surface area contributed by atoms with Gasteiger partial charge in [0.05, 0.1) is 0 Å². The average molecular weight is 241 g/mol. The summed E-state index contributed by atoms with van der Waals surface area (Å²) >= 11 is 0. The highest BCUT2D eigenvalue weighted by Gasteiger charge is 2.16. The largest absolute Gasteiger partial charge is 0.507 e. The standard InChI is InChI=1S/C12H16FNO3/c1-8(5-6-15)7-14-12(17)11-9(13)3-2-4-10(11)16/h2-4,8,15-16H,5-7H2,1H3,(H,14,17)/t8-/m1/s1. The number of aromatic hydroxyl groups is 1. The molecule has 0 unspecified atom stereocenters. The van der Waals surface area contributed by atoms with Crippen LogP contribution in [0.2, 0.25) is 0 Å². The Morgan fingerprint density at radius 1 is 1.53 bits per heavy atom. The van der Waals surface area contributed by atoms with Crippen LogP contribution in [0.4, 0.5) is 4.39 Å². The van der Waals surface area contributed by atoms with Gasteiger partial charge in [0, 0.05) is 13.2 Å². The lowest BCUT2D eigenvalue weighted by Gasteiger charge is -2.12. The number of benzene rings is 1. The van der Waals surface area contributed by atoms with Crippen LogP contribution in [0.1, 0.15) is 23.7 Å². The summed E-state index contributed by atoms with van der Waals surface area (Å²) in [7, 11) is 0. The van der Waals surface area contributed by atoms with Crippen LogP contribution in [0.25, 0.3) is 0 Å². The van der Waals surface area contributed by atoms with Gasteiger partial charge < -0.3 is 15.5 Å². The first-order valence-corrected chi connectivity index (χ1v) is 5.42. The maximum absolute atomic E-state index is 13.3. The molecule has 17 heavy (non-hydrogen) atoms. The van der Waals surface area contributed by atoms with Gasteiger partial charge in [-0.25, -0.2) is 4.39 Å². The summed E-state index contributed by atoms with van der Waals surface area (Å²) in [6.07, 6.45) is 0.559. The Kier molecular flexibility index (Phi) is 4.90. The molecule has 5 heteroatoms. The Bertz CT molecular complexity index is 375. The zero-order valence-corrected chi connectivity index (χ0v) is 9.61. The van der Waals surface area contributed by atoms with Gasteiger partial charge >= 0.3 is 0 Å². The molecule has 0 aliphatic carbocycles. The number of carbonyl (C=O) groups is 1. The van der Waals surface area contributed by atoms with Gasteiger partial charge in [0.25, 0.3) is 5.91 Å². The molecule has 1 atom stereocenters. The number of amides is 1. The van der Waals surface area contributed by atoms with E-state index in [4.69, 9.17) is 5.11 Å². The van der Waals surface area contributed by atoms with Crippen molar-refractivity contribution in [3.63, 3.8) is 0 Å². The number of hydrogen-bond acceptors (Lipinski definition) is 3. The average Bonchev–Trinajstić information content (AvgIpc) is 2.26. The second-order valence-corrected chi connectivity index (χ2v) is 3.96.